The molecular weight excluding hydrogens is 332 g/mol. The Bertz CT molecular complexity index is 746. The molecule has 0 aliphatic rings. The predicted octanol–water partition coefficient (Wildman–Crippen LogP) is 4.25. The maximum Gasteiger partial charge on any atom is 0.240 e. The van der Waals surface area contributed by atoms with Gasteiger partial charge in [0, 0.05) is 11.6 Å². The first-order valence-electron chi connectivity index (χ1n) is 8.88. The van der Waals surface area contributed by atoms with Crippen molar-refractivity contribution in [3.63, 3.8) is 0 Å². The van der Waals surface area contributed by atoms with Gasteiger partial charge in [0.1, 0.15) is 6.54 Å². The van der Waals surface area contributed by atoms with Gasteiger partial charge < -0.3 is 5.32 Å². The van der Waals surface area contributed by atoms with Crippen LogP contribution >= 0.6 is 12.2 Å². The van der Waals surface area contributed by atoms with Crippen molar-refractivity contribution in [1.82, 2.24) is 20.1 Å². The van der Waals surface area contributed by atoms with Crippen molar-refractivity contribution < 1.29 is 4.79 Å². The summed E-state index contributed by atoms with van der Waals surface area (Å²) in [7, 11) is 0. The zero-order valence-electron chi connectivity index (χ0n) is 15.5. The number of H-pyrrole nitrogens is 1. The molecule has 0 saturated heterocycles. The van der Waals surface area contributed by atoms with E-state index < -0.39 is 0 Å². The number of aryl methyl sites for hydroxylation is 1. The molecular formula is C19H28N4OS. The number of rotatable bonds is 8. The Morgan fingerprint density at radius 1 is 1.24 bits per heavy atom. The lowest BCUT2D eigenvalue weighted by atomic mass is 10.0. The zero-order valence-corrected chi connectivity index (χ0v) is 16.3. The summed E-state index contributed by atoms with van der Waals surface area (Å²) in [6.45, 7) is 8.70. The molecule has 0 spiro atoms. The molecule has 136 valence electrons. The molecule has 6 heteroatoms. The third-order valence-corrected chi connectivity index (χ3v) is 4.51. The van der Waals surface area contributed by atoms with E-state index in [0.717, 1.165) is 18.4 Å². The van der Waals surface area contributed by atoms with Gasteiger partial charge in [0.15, 0.2) is 10.6 Å². The van der Waals surface area contributed by atoms with Crippen LogP contribution in [0.15, 0.2) is 24.3 Å². The number of hydrogen-bond acceptors (Lipinski definition) is 3. The van der Waals surface area contributed by atoms with Gasteiger partial charge in [-0.05, 0) is 38.4 Å². The van der Waals surface area contributed by atoms with E-state index >= 15 is 0 Å². The van der Waals surface area contributed by atoms with Crippen molar-refractivity contribution in [3.8, 4) is 11.4 Å². The Kier molecular flexibility index (Phi) is 6.93. The molecule has 25 heavy (non-hydrogen) atoms. The second kappa shape index (κ2) is 8.94. The van der Waals surface area contributed by atoms with Crippen LogP contribution in [0.2, 0.25) is 0 Å². The van der Waals surface area contributed by atoms with Gasteiger partial charge >= 0.3 is 0 Å². The van der Waals surface area contributed by atoms with Gasteiger partial charge in [-0.25, -0.2) is 0 Å². The summed E-state index contributed by atoms with van der Waals surface area (Å²) in [5.41, 5.74) is 2.12. The van der Waals surface area contributed by atoms with Crippen LogP contribution in [-0.2, 0) is 11.3 Å². The number of benzene rings is 1. The average molecular weight is 361 g/mol. The van der Waals surface area contributed by atoms with E-state index in [4.69, 9.17) is 12.2 Å². The number of amides is 1. The van der Waals surface area contributed by atoms with E-state index in [9.17, 15) is 4.79 Å². The molecule has 0 aliphatic heterocycles. The van der Waals surface area contributed by atoms with Gasteiger partial charge in [0.2, 0.25) is 5.91 Å². The fraction of sp³-hybridized carbons (Fsp3) is 0.526. The standard InChI is InChI=1S/C19H28N4OS/c1-13(2)6-5-7-15(4)20-17(24)12-23-18(21-22-19(23)25)16-10-8-14(3)9-11-16/h8-11,13,15H,5-7,12H2,1-4H3,(H,20,24)(H,22,25). The smallest absolute Gasteiger partial charge is 0.240 e. The van der Waals surface area contributed by atoms with Crippen molar-refractivity contribution in [1.29, 1.82) is 0 Å². The topological polar surface area (TPSA) is 62.7 Å². The van der Waals surface area contributed by atoms with Crippen LogP contribution in [0.25, 0.3) is 11.4 Å². The van der Waals surface area contributed by atoms with E-state index in [1.54, 1.807) is 4.57 Å². The first-order valence-corrected chi connectivity index (χ1v) is 9.29. The largest absolute Gasteiger partial charge is 0.352 e. The van der Waals surface area contributed by atoms with Gasteiger partial charge in [0.25, 0.3) is 0 Å². The molecule has 2 aromatic rings. The zero-order chi connectivity index (χ0) is 18.4. The first-order chi connectivity index (χ1) is 11.9. The van der Waals surface area contributed by atoms with Gasteiger partial charge in [-0.1, -0.05) is 56.5 Å². The summed E-state index contributed by atoms with van der Waals surface area (Å²) in [5, 5.41) is 10.1. The lowest BCUT2D eigenvalue weighted by molar-refractivity contribution is -0.122. The molecule has 0 saturated carbocycles. The number of hydrogen-bond donors (Lipinski definition) is 2. The number of aromatic nitrogens is 3. The van der Waals surface area contributed by atoms with Gasteiger partial charge in [0.05, 0.1) is 0 Å². The van der Waals surface area contributed by atoms with Crippen molar-refractivity contribution in [2.24, 2.45) is 5.92 Å². The minimum Gasteiger partial charge on any atom is -0.352 e. The molecule has 2 rings (SSSR count). The highest BCUT2D eigenvalue weighted by molar-refractivity contribution is 7.71. The molecule has 1 unspecified atom stereocenters. The van der Waals surface area contributed by atoms with E-state index in [0.29, 0.717) is 16.5 Å². The molecule has 0 radical (unpaired) electrons. The summed E-state index contributed by atoms with van der Waals surface area (Å²) in [4.78, 5) is 12.4. The Hall–Kier alpha value is -1.95. The monoisotopic (exact) mass is 360 g/mol. The molecule has 0 bridgehead atoms. The maximum absolute atomic E-state index is 12.4. The van der Waals surface area contributed by atoms with Crippen LogP contribution in [0.1, 0.15) is 45.6 Å². The summed E-state index contributed by atoms with van der Waals surface area (Å²) in [5.74, 6) is 1.35. The third kappa shape index (κ3) is 5.81. The number of aromatic amines is 1. The number of nitrogens with one attached hydrogen (secondary N) is 2. The number of nitrogens with zero attached hydrogens (tertiary/aromatic N) is 2. The minimum absolute atomic E-state index is 0.0390. The normalized spacial score (nSPS) is 12.4. The van der Waals surface area contributed by atoms with Gasteiger partial charge in [-0.15, -0.1) is 0 Å². The van der Waals surface area contributed by atoms with E-state index in [2.05, 4.69) is 29.4 Å². The highest BCUT2D eigenvalue weighted by Gasteiger charge is 2.14. The van der Waals surface area contributed by atoms with Gasteiger partial charge in [-0.2, -0.15) is 5.10 Å². The molecule has 1 heterocycles. The summed E-state index contributed by atoms with van der Waals surface area (Å²) < 4.78 is 2.20. The molecule has 2 N–H and O–H groups in total. The van der Waals surface area contributed by atoms with Crippen molar-refractivity contribution in [2.75, 3.05) is 0 Å². The Labute approximate surface area is 154 Å². The third-order valence-electron chi connectivity index (χ3n) is 4.20. The van der Waals surface area contributed by atoms with Crippen molar-refractivity contribution in [2.45, 2.75) is 59.5 Å². The van der Waals surface area contributed by atoms with E-state index in [1.807, 2.05) is 38.1 Å². The second-order valence-corrected chi connectivity index (χ2v) is 7.48. The Morgan fingerprint density at radius 3 is 2.56 bits per heavy atom. The fourth-order valence-corrected chi connectivity index (χ4v) is 2.95. The molecule has 5 nitrogen and oxygen atoms in total. The average Bonchev–Trinajstić information content (AvgIpc) is 2.88. The van der Waals surface area contributed by atoms with E-state index in [-0.39, 0.29) is 18.5 Å². The number of carbonyl (C=O) groups excluding carboxylic acids is 1. The maximum atomic E-state index is 12.4. The molecule has 1 aromatic carbocycles. The highest BCUT2D eigenvalue weighted by atomic mass is 32.1. The Morgan fingerprint density at radius 2 is 1.92 bits per heavy atom. The molecule has 1 atom stereocenters. The van der Waals surface area contributed by atoms with Gasteiger partial charge in [-0.3, -0.25) is 14.5 Å². The van der Waals surface area contributed by atoms with E-state index in [1.165, 1.54) is 12.0 Å². The molecule has 1 aromatic heterocycles. The van der Waals surface area contributed by atoms with Crippen molar-refractivity contribution >= 4 is 18.1 Å². The minimum atomic E-state index is -0.0390. The lowest BCUT2D eigenvalue weighted by Crippen LogP contribution is -2.35. The fourth-order valence-electron chi connectivity index (χ4n) is 2.76. The first kappa shape index (κ1) is 19.4. The highest BCUT2D eigenvalue weighted by Crippen LogP contribution is 2.18. The molecule has 0 aliphatic carbocycles. The van der Waals surface area contributed by atoms with Crippen LogP contribution in [0.4, 0.5) is 0 Å². The summed E-state index contributed by atoms with van der Waals surface area (Å²) in [6, 6.07) is 8.18. The SMILES string of the molecule is Cc1ccc(-c2n[nH]c(=S)n2CC(=O)NC(C)CCCC(C)C)cc1. The second-order valence-electron chi connectivity index (χ2n) is 7.10. The van der Waals surface area contributed by atoms with Crippen LogP contribution in [-0.4, -0.2) is 26.7 Å². The van der Waals surface area contributed by atoms with Crippen molar-refractivity contribution in [3.05, 3.63) is 34.6 Å². The molecule has 0 fully saturated rings. The molecule has 1 amide bonds. The summed E-state index contributed by atoms with van der Waals surface area (Å²) >= 11 is 5.29. The van der Waals surface area contributed by atoms with Crippen LogP contribution < -0.4 is 5.32 Å². The Balaban J connectivity index is 2.00. The van der Waals surface area contributed by atoms with Crippen LogP contribution in [0.3, 0.4) is 0 Å². The number of carbonyl (C=O) groups is 1. The van der Waals surface area contributed by atoms with Crippen LogP contribution in [0.5, 0.6) is 0 Å². The lowest BCUT2D eigenvalue weighted by Gasteiger charge is -2.15. The quantitative estimate of drug-likeness (QED) is 0.692. The van der Waals surface area contributed by atoms with Crippen LogP contribution in [0, 0.1) is 17.6 Å². The predicted molar refractivity (Wildman–Crippen MR) is 104 cm³/mol. The summed E-state index contributed by atoms with van der Waals surface area (Å²) in [6.07, 6.45) is 3.30.